The van der Waals surface area contributed by atoms with Gasteiger partial charge in [0.2, 0.25) is 0 Å². The van der Waals surface area contributed by atoms with E-state index in [-0.39, 0.29) is 29.6 Å². The first-order chi connectivity index (χ1) is 11.6. The second-order valence-electron chi connectivity index (χ2n) is 8.23. The lowest BCUT2D eigenvalue weighted by molar-refractivity contribution is -0.169. The third kappa shape index (κ3) is 2.49. The summed E-state index contributed by atoms with van der Waals surface area (Å²) in [6.07, 6.45) is -0.905. The third-order valence-corrected chi connectivity index (χ3v) is 6.45. The van der Waals surface area contributed by atoms with E-state index in [1.807, 2.05) is 0 Å². The first-order valence-corrected chi connectivity index (χ1v) is 8.59. The fraction of sp³-hybridized carbons (Fsp3) is 0.579. The first-order valence-electron chi connectivity index (χ1n) is 8.59. The first kappa shape index (κ1) is 16.6. The number of carboxylic acid groups (broad SMARTS) is 1. The Bertz CT molecular complexity index is 739. The molecular weight excluding hydrogens is 333 g/mol. The highest BCUT2D eigenvalue weighted by Crippen LogP contribution is 2.66. The molecule has 0 radical (unpaired) electrons. The lowest BCUT2D eigenvalue weighted by Gasteiger charge is -2.59. The van der Waals surface area contributed by atoms with E-state index in [9.17, 15) is 27.9 Å². The zero-order chi connectivity index (χ0) is 18.0. The fourth-order valence-corrected chi connectivity index (χ4v) is 5.92. The molecule has 4 bridgehead atoms. The van der Waals surface area contributed by atoms with Gasteiger partial charge in [0.1, 0.15) is 0 Å². The molecule has 0 amide bonds. The molecule has 0 aromatic heterocycles. The number of halogens is 3. The van der Waals surface area contributed by atoms with E-state index in [4.69, 9.17) is 0 Å². The van der Waals surface area contributed by atoms with Crippen molar-refractivity contribution < 1.29 is 27.9 Å². The number of aliphatic carboxylic acids is 1. The van der Waals surface area contributed by atoms with Crippen molar-refractivity contribution in [3.8, 4) is 0 Å². The van der Waals surface area contributed by atoms with Gasteiger partial charge in [-0.25, -0.2) is 0 Å². The largest absolute Gasteiger partial charge is 0.481 e. The Morgan fingerprint density at radius 2 is 1.64 bits per heavy atom. The maximum absolute atomic E-state index is 13.2. The topological polar surface area (TPSA) is 54.4 Å². The monoisotopic (exact) mass is 352 g/mol. The summed E-state index contributed by atoms with van der Waals surface area (Å²) in [5.74, 6) is -0.791. The summed E-state index contributed by atoms with van der Waals surface area (Å²) in [5.41, 5.74) is -2.47. The van der Waals surface area contributed by atoms with Crippen molar-refractivity contribution in [2.75, 3.05) is 0 Å². The quantitative estimate of drug-likeness (QED) is 0.812. The van der Waals surface area contributed by atoms with Crippen molar-refractivity contribution in [3.05, 3.63) is 35.4 Å². The lowest BCUT2D eigenvalue weighted by Crippen LogP contribution is -2.57. The fourth-order valence-electron chi connectivity index (χ4n) is 5.92. The number of rotatable bonds is 3. The molecule has 2 atom stereocenters. The number of hydrogen-bond donors (Lipinski definition) is 1. The van der Waals surface area contributed by atoms with E-state index >= 15 is 0 Å². The van der Waals surface area contributed by atoms with Crippen molar-refractivity contribution >= 4 is 11.8 Å². The summed E-state index contributed by atoms with van der Waals surface area (Å²) in [4.78, 5) is 25.1. The van der Waals surface area contributed by atoms with E-state index < -0.39 is 28.5 Å². The van der Waals surface area contributed by atoms with E-state index in [0.29, 0.717) is 25.7 Å². The van der Waals surface area contributed by atoms with Crippen LogP contribution in [0.25, 0.3) is 0 Å². The van der Waals surface area contributed by atoms with E-state index in [1.54, 1.807) is 0 Å². The molecule has 1 aromatic rings. The molecule has 4 aliphatic rings. The van der Waals surface area contributed by atoms with Crippen LogP contribution in [0, 0.1) is 22.7 Å². The van der Waals surface area contributed by atoms with Gasteiger partial charge in [0.15, 0.2) is 5.78 Å². The number of benzene rings is 1. The van der Waals surface area contributed by atoms with E-state index in [1.165, 1.54) is 12.1 Å². The Kier molecular flexibility index (Phi) is 3.38. The molecule has 25 heavy (non-hydrogen) atoms. The molecule has 3 nitrogen and oxygen atoms in total. The minimum atomic E-state index is -4.50. The van der Waals surface area contributed by atoms with Crippen LogP contribution >= 0.6 is 0 Å². The number of hydrogen-bond acceptors (Lipinski definition) is 2. The van der Waals surface area contributed by atoms with Gasteiger partial charge in [-0.05, 0) is 62.5 Å². The molecule has 6 heteroatoms. The van der Waals surface area contributed by atoms with Crippen LogP contribution in [-0.4, -0.2) is 16.9 Å². The molecule has 4 saturated carbocycles. The average Bonchev–Trinajstić information content (AvgIpc) is 2.52. The van der Waals surface area contributed by atoms with Gasteiger partial charge < -0.3 is 5.11 Å². The molecule has 0 spiro atoms. The lowest BCUT2D eigenvalue weighted by atomic mass is 9.43. The Morgan fingerprint density at radius 1 is 1.04 bits per heavy atom. The summed E-state index contributed by atoms with van der Waals surface area (Å²) >= 11 is 0. The Balaban J connectivity index is 1.72. The van der Waals surface area contributed by atoms with Crippen LogP contribution in [0.2, 0.25) is 0 Å². The Labute approximate surface area is 143 Å². The molecule has 1 N–H and O–H groups in total. The van der Waals surface area contributed by atoms with Crippen molar-refractivity contribution in [3.63, 3.8) is 0 Å². The third-order valence-electron chi connectivity index (χ3n) is 6.45. The molecule has 1 aromatic carbocycles. The van der Waals surface area contributed by atoms with Crippen LogP contribution in [0.15, 0.2) is 24.3 Å². The van der Waals surface area contributed by atoms with Crippen LogP contribution in [-0.2, 0) is 11.0 Å². The molecule has 0 aliphatic heterocycles. The van der Waals surface area contributed by atoms with Gasteiger partial charge in [-0.1, -0.05) is 12.1 Å². The predicted octanol–water partition coefficient (Wildman–Crippen LogP) is 4.56. The normalized spacial score (nSPS) is 36.4. The molecule has 4 fully saturated rings. The minimum Gasteiger partial charge on any atom is -0.481 e. The molecule has 0 saturated heterocycles. The van der Waals surface area contributed by atoms with E-state index in [0.717, 1.165) is 18.6 Å². The molecule has 4 aliphatic carbocycles. The van der Waals surface area contributed by atoms with Crippen LogP contribution in [0.3, 0.4) is 0 Å². The average molecular weight is 352 g/mol. The Hall–Kier alpha value is -1.85. The summed E-state index contributed by atoms with van der Waals surface area (Å²) < 4.78 is 38.9. The van der Waals surface area contributed by atoms with Crippen molar-refractivity contribution in [1.29, 1.82) is 0 Å². The number of alkyl halides is 3. The molecule has 2 unspecified atom stereocenters. The highest BCUT2D eigenvalue weighted by molar-refractivity contribution is 6.01. The maximum atomic E-state index is 13.2. The van der Waals surface area contributed by atoms with Gasteiger partial charge in [0.05, 0.1) is 11.0 Å². The number of Topliss-reactive ketones (excluding diaryl/α,β-unsaturated/α-hetero) is 1. The van der Waals surface area contributed by atoms with Crippen molar-refractivity contribution in [1.82, 2.24) is 0 Å². The molecule has 5 rings (SSSR count). The maximum Gasteiger partial charge on any atom is 0.416 e. The van der Waals surface area contributed by atoms with E-state index in [2.05, 4.69) is 0 Å². The summed E-state index contributed by atoms with van der Waals surface area (Å²) in [6.45, 7) is 0. The summed E-state index contributed by atoms with van der Waals surface area (Å²) in [5, 5.41) is 9.74. The predicted molar refractivity (Wildman–Crippen MR) is 83.0 cm³/mol. The van der Waals surface area contributed by atoms with Crippen LogP contribution in [0.4, 0.5) is 13.2 Å². The second-order valence-corrected chi connectivity index (χ2v) is 8.23. The zero-order valence-corrected chi connectivity index (χ0v) is 13.6. The smallest absolute Gasteiger partial charge is 0.416 e. The van der Waals surface area contributed by atoms with Crippen molar-refractivity contribution in [2.45, 2.75) is 44.7 Å². The highest BCUT2D eigenvalue weighted by atomic mass is 19.4. The van der Waals surface area contributed by atoms with Gasteiger partial charge in [0, 0.05) is 11.0 Å². The molecular formula is C19H19F3O3. The van der Waals surface area contributed by atoms with Gasteiger partial charge >= 0.3 is 12.1 Å². The molecule has 134 valence electrons. The van der Waals surface area contributed by atoms with Crippen molar-refractivity contribution in [2.24, 2.45) is 22.7 Å². The van der Waals surface area contributed by atoms with Crippen LogP contribution < -0.4 is 0 Å². The Morgan fingerprint density at radius 3 is 2.20 bits per heavy atom. The number of carbonyl (C=O) groups excluding carboxylic acids is 1. The SMILES string of the molecule is O=C(O)C12CC3CC(C1)CC(C(=O)c1cccc(C(F)(F)F)c1)(C3)C2. The zero-order valence-electron chi connectivity index (χ0n) is 13.6. The summed E-state index contributed by atoms with van der Waals surface area (Å²) in [7, 11) is 0. The standard InChI is InChI=1S/C19H19F3O3/c20-19(21,22)14-3-1-2-13(5-14)15(23)17-6-11-4-12(7-17)9-18(8-11,10-17)16(24)25/h1-3,5,11-12H,4,6-10H2,(H,24,25). The van der Waals surface area contributed by atoms with Gasteiger partial charge in [0.25, 0.3) is 0 Å². The summed E-state index contributed by atoms with van der Waals surface area (Å²) in [6, 6.07) is 4.54. The number of ketones is 1. The van der Waals surface area contributed by atoms with Crippen LogP contribution in [0.5, 0.6) is 0 Å². The molecule has 0 heterocycles. The van der Waals surface area contributed by atoms with Gasteiger partial charge in [-0.3, -0.25) is 9.59 Å². The highest BCUT2D eigenvalue weighted by Gasteiger charge is 2.63. The van der Waals surface area contributed by atoms with Gasteiger partial charge in [-0.2, -0.15) is 13.2 Å². The number of carboxylic acids is 1. The van der Waals surface area contributed by atoms with Gasteiger partial charge in [-0.15, -0.1) is 0 Å². The van der Waals surface area contributed by atoms with Crippen LogP contribution in [0.1, 0.15) is 54.4 Å². The second kappa shape index (κ2) is 5.08. The minimum absolute atomic E-state index is 0.0531. The number of carbonyl (C=O) groups is 2.